The molecule has 0 N–H and O–H groups in total. The number of allylic oxidation sites excluding steroid dienone is 4. The molecule has 0 spiro atoms. The van der Waals surface area contributed by atoms with Gasteiger partial charge in [-0.3, -0.25) is 0 Å². The Morgan fingerprint density at radius 2 is 1.76 bits per heavy atom. The van der Waals surface area contributed by atoms with E-state index in [9.17, 15) is 0 Å². The second-order valence-electron chi connectivity index (χ2n) is 6.80. The van der Waals surface area contributed by atoms with Crippen LogP contribution in [0.4, 0.5) is 0 Å². The monoisotopic (exact) mass is 228 g/mol. The lowest BCUT2D eigenvalue weighted by atomic mass is 9.56. The molecule has 4 rings (SSSR count). The summed E-state index contributed by atoms with van der Waals surface area (Å²) in [7, 11) is 0. The average molecular weight is 228 g/mol. The molecule has 0 saturated heterocycles. The Labute approximate surface area is 105 Å². The molecule has 2 fully saturated rings. The molecule has 4 aliphatic rings. The van der Waals surface area contributed by atoms with Crippen LogP contribution < -0.4 is 0 Å². The lowest BCUT2D eigenvalue weighted by molar-refractivity contribution is 0.0311. The summed E-state index contributed by atoms with van der Waals surface area (Å²) in [6, 6.07) is 0. The van der Waals surface area contributed by atoms with Crippen LogP contribution in [0, 0.1) is 29.6 Å². The second kappa shape index (κ2) is 4.00. The van der Waals surface area contributed by atoms with Gasteiger partial charge in [-0.05, 0) is 67.3 Å². The van der Waals surface area contributed by atoms with Crippen LogP contribution in [0.2, 0.25) is 0 Å². The van der Waals surface area contributed by atoms with Gasteiger partial charge in [-0.15, -0.1) is 0 Å². The minimum Gasteiger partial charge on any atom is -0.0836 e. The van der Waals surface area contributed by atoms with E-state index in [0.29, 0.717) is 0 Å². The van der Waals surface area contributed by atoms with Crippen molar-refractivity contribution in [2.75, 3.05) is 0 Å². The smallest absolute Gasteiger partial charge is 0.00993 e. The molecule has 17 heavy (non-hydrogen) atoms. The third-order valence-electron chi connectivity index (χ3n) is 6.21. The molecule has 92 valence electrons. The highest BCUT2D eigenvalue weighted by molar-refractivity contribution is 5.31. The number of hydrogen-bond donors (Lipinski definition) is 0. The van der Waals surface area contributed by atoms with E-state index in [1.807, 2.05) is 0 Å². The van der Waals surface area contributed by atoms with Gasteiger partial charge in [0, 0.05) is 0 Å². The molecular formula is C17H24. The molecule has 2 saturated carbocycles. The van der Waals surface area contributed by atoms with Crippen LogP contribution in [0.1, 0.15) is 51.4 Å². The van der Waals surface area contributed by atoms with E-state index in [2.05, 4.69) is 18.2 Å². The molecule has 0 heterocycles. The van der Waals surface area contributed by atoms with Gasteiger partial charge in [-0.1, -0.05) is 37.5 Å². The summed E-state index contributed by atoms with van der Waals surface area (Å²) in [5.74, 6) is 5.24. The van der Waals surface area contributed by atoms with Gasteiger partial charge in [-0.25, -0.2) is 0 Å². The third-order valence-corrected chi connectivity index (χ3v) is 6.21. The SMILES string of the molecule is C1=CC2=CC[C@H]3[C@@H](CCC4CCCC[C@@H]43)[C@@H]2C1. The highest BCUT2D eigenvalue weighted by Gasteiger charge is 2.45. The first-order valence-electron chi connectivity index (χ1n) is 7.80. The molecule has 0 bridgehead atoms. The number of fused-ring (bicyclic) bond motifs is 5. The quantitative estimate of drug-likeness (QED) is 0.562. The molecular weight excluding hydrogens is 204 g/mol. The summed E-state index contributed by atoms with van der Waals surface area (Å²) in [5, 5.41) is 0. The van der Waals surface area contributed by atoms with E-state index in [0.717, 1.165) is 29.6 Å². The van der Waals surface area contributed by atoms with Gasteiger partial charge in [0.25, 0.3) is 0 Å². The zero-order valence-corrected chi connectivity index (χ0v) is 10.8. The molecule has 0 aromatic carbocycles. The summed E-state index contributed by atoms with van der Waals surface area (Å²) in [6.07, 6.45) is 19.4. The summed E-state index contributed by atoms with van der Waals surface area (Å²) in [6.45, 7) is 0. The fourth-order valence-electron chi connectivity index (χ4n) is 5.47. The van der Waals surface area contributed by atoms with Crippen molar-refractivity contribution in [2.24, 2.45) is 29.6 Å². The average Bonchev–Trinajstić information content (AvgIpc) is 2.86. The van der Waals surface area contributed by atoms with Crippen LogP contribution in [0.25, 0.3) is 0 Å². The Kier molecular flexibility index (Phi) is 2.45. The maximum absolute atomic E-state index is 2.59. The zero-order chi connectivity index (χ0) is 11.2. The molecule has 0 aromatic heterocycles. The van der Waals surface area contributed by atoms with E-state index in [1.54, 1.807) is 24.8 Å². The van der Waals surface area contributed by atoms with Gasteiger partial charge in [0.15, 0.2) is 0 Å². The minimum atomic E-state index is 0.927. The molecule has 0 radical (unpaired) electrons. The van der Waals surface area contributed by atoms with Crippen LogP contribution in [0.3, 0.4) is 0 Å². The highest BCUT2D eigenvalue weighted by Crippen LogP contribution is 2.54. The zero-order valence-electron chi connectivity index (χ0n) is 10.8. The van der Waals surface area contributed by atoms with Crippen LogP contribution in [0.5, 0.6) is 0 Å². The maximum atomic E-state index is 2.59. The summed E-state index contributed by atoms with van der Waals surface area (Å²) in [5.41, 5.74) is 1.69. The van der Waals surface area contributed by atoms with E-state index >= 15 is 0 Å². The molecule has 0 nitrogen and oxygen atoms in total. The predicted molar refractivity (Wildman–Crippen MR) is 71.6 cm³/mol. The van der Waals surface area contributed by atoms with Crippen LogP contribution in [-0.4, -0.2) is 0 Å². The van der Waals surface area contributed by atoms with Crippen molar-refractivity contribution >= 4 is 0 Å². The van der Waals surface area contributed by atoms with Crippen molar-refractivity contribution < 1.29 is 0 Å². The summed E-state index contributed by atoms with van der Waals surface area (Å²) < 4.78 is 0. The predicted octanol–water partition coefficient (Wildman–Crippen LogP) is 4.73. The standard InChI is InChI=1S/C17H24/c1-2-6-14-12(4-1)8-10-17-15-7-3-5-13(15)9-11-16(14)17/h3,5,9,12,14-17H,1-2,4,6-8,10-11H2/t12?,14-,15+,16+,17-/m0/s1. The van der Waals surface area contributed by atoms with Crippen molar-refractivity contribution in [3.8, 4) is 0 Å². The van der Waals surface area contributed by atoms with Gasteiger partial charge in [0.2, 0.25) is 0 Å². The Hall–Kier alpha value is -0.520. The lowest BCUT2D eigenvalue weighted by Gasteiger charge is -2.49. The molecule has 4 aliphatic carbocycles. The lowest BCUT2D eigenvalue weighted by Crippen LogP contribution is -2.41. The largest absolute Gasteiger partial charge is 0.0836 e. The van der Waals surface area contributed by atoms with Crippen molar-refractivity contribution in [2.45, 2.75) is 51.4 Å². The van der Waals surface area contributed by atoms with Crippen molar-refractivity contribution in [1.82, 2.24) is 0 Å². The van der Waals surface area contributed by atoms with E-state index < -0.39 is 0 Å². The van der Waals surface area contributed by atoms with Crippen LogP contribution >= 0.6 is 0 Å². The second-order valence-corrected chi connectivity index (χ2v) is 6.80. The number of hydrogen-bond acceptors (Lipinski definition) is 0. The first kappa shape index (κ1) is 10.4. The summed E-state index contributed by atoms with van der Waals surface area (Å²) >= 11 is 0. The van der Waals surface area contributed by atoms with Gasteiger partial charge >= 0.3 is 0 Å². The van der Waals surface area contributed by atoms with E-state index in [1.165, 1.54) is 32.1 Å². The Bertz CT molecular complexity index is 362. The molecule has 0 aliphatic heterocycles. The fraction of sp³-hybridized carbons (Fsp3) is 0.765. The van der Waals surface area contributed by atoms with E-state index in [4.69, 9.17) is 0 Å². The topological polar surface area (TPSA) is 0 Å². The Morgan fingerprint density at radius 3 is 2.76 bits per heavy atom. The van der Waals surface area contributed by atoms with E-state index in [-0.39, 0.29) is 0 Å². The van der Waals surface area contributed by atoms with Gasteiger partial charge in [-0.2, -0.15) is 0 Å². The molecule has 0 aromatic rings. The molecule has 0 amide bonds. The van der Waals surface area contributed by atoms with Crippen molar-refractivity contribution in [3.05, 3.63) is 23.8 Å². The van der Waals surface area contributed by atoms with Crippen LogP contribution in [-0.2, 0) is 0 Å². The van der Waals surface area contributed by atoms with Gasteiger partial charge in [0.05, 0.1) is 0 Å². The normalized spacial score (nSPS) is 48.0. The Morgan fingerprint density at radius 1 is 0.824 bits per heavy atom. The molecule has 5 atom stereocenters. The summed E-state index contributed by atoms with van der Waals surface area (Å²) in [4.78, 5) is 0. The third kappa shape index (κ3) is 1.56. The van der Waals surface area contributed by atoms with Gasteiger partial charge < -0.3 is 0 Å². The van der Waals surface area contributed by atoms with Crippen molar-refractivity contribution in [1.29, 1.82) is 0 Å². The first-order chi connectivity index (χ1) is 8.43. The fourth-order valence-corrected chi connectivity index (χ4v) is 5.47. The highest BCUT2D eigenvalue weighted by atomic mass is 14.5. The van der Waals surface area contributed by atoms with Crippen molar-refractivity contribution in [3.63, 3.8) is 0 Å². The molecule has 1 unspecified atom stereocenters. The Balaban J connectivity index is 1.61. The minimum absolute atomic E-state index is 0.927. The molecule has 0 heteroatoms. The first-order valence-corrected chi connectivity index (χ1v) is 7.80. The van der Waals surface area contributed by atoms with Gasteiger partial charge in [0.1, 0.15) is 0 Å². The number of rotatable bonds is 0. The maximum Gasteiger partial charge on any atom is -0.00993 e. The van der Waals surface area contributed by atoms with Crippen LogP contribution in [0.15, 0.2) is 23.8 Å².